The number of halogens is 2. The summed E-state index contributed by atoms with van der Waals surface area (Å²) in [6, 6.07) is 3.73. The molecule has 15 heavy (non-hydrogen) atoms. The summed E-state index contributed by atoms with van der Waals surface area (Å²) in [6.45, 7) is 0.368. The van der Waals surface area contributed by atoms with E-state index in [0.717, 1.165) is 18.9 Å². The van der Waals surface area contributed by atoms with Crippen LogP contribution in [0.4, 0.5) is 8.78 Å². The van der Waals surface area contributed by atoms with Gasteiger partial charge in [0.05, 0.1) is 6.61 Å². The van der Waals surface area contributed by atoms with Crippen molar-refractivity contribution in [3.05, 3.63) is 35.4 Å². The topological polar surface area (TPSA) is 29.5 Å². The van der Waals surface area contributed by atoms with E-state index in [-0.39, 0.29) is 5.56 Å². The fourth-order valence-electron chi connectivity index (χ4n) is 1.80. The molecule has 0 amide bonds. The Morgan fingerprint density at radius 2 is 2.07 bits per heavy atom. The first kappa shape index (κ1) is 10.5. The number of ether oxygens (including phenoxy) is 1. The van der Waals surface area contributed by atoms with Gasteiger partial charge < -0.3 is 9.84 Å². The van der Waals surface area contributed by atoms with Crippen LogP contribution in [0.15, 0.2) is 18.2 Å². The second-order valence-electron chi connectivity index (χ2n) is 3.69. The van der Waals surface area contributed by atoms with Gasteiger partial charge in [0.25, 0.3) is 0 Å². The van der Waals surface area contributed by atoms with E-state index in [1.54, 1.807) is 0 Å². The fraction of sp³-hybridized carbons (Fsp3) is 0.455. The number of benzene rings is 1. The molecule has 0 bridgehead atoms. The van der Waals surface area contributed by atoms with Crippen LogP contribution in [0.5, 0.6) is 0 Å². The predicted octanol–water partition coefficient (Wildman–Crippen LogP) is 2.31. The van der Waals surface area contributed by atoms with Gasteiger partial charge >= 0.3 is 0 Å². The zero-order chi connectivity index (χ0) is 10.9. The van der Waals surface area contributed by atoms with E-state index >= 15 is 0 Å². The van der Waals surface area contributed by atoms with Gasteiger partial charge in [-0.05, 0) is 18.9 Å². The first-order valence-electron chi connectivity index (χ1n) is 4.94. The summed E-state index contributed by atoms with van der Waals surface area (Å²) in [5, 5.41) is 10.0. The van der Waals surface area contributed by atoms with Gasteiger partial charge in [-0.3, -0.25) is 0 Å². The molecule has 2 rings (SSSR count). The van der Waals surface area contributed by atoms with Crippen molar-refractivity contribution in [2.75, 3.05) is 6.61 Å². The number of hydrogen-bond donors (Lipinski definition) is 1. The van der Waals surface area contributed by atoms with Gasteiger partial charge in [0, 0.05) is 12.0 Å². The van der Waals surface area contributed by atoms with Crippen molar-refractivity contribution in [3.63, 3.8) is 0 Å². The molecule has 82 valence electrons. The minimum absolute atomic E-state index is 0.109. The lowest BCUT2D eigenvalue weighted by molar-refractivity contribution is -0.235. The Labute approximate surface area is 86.5 Å². The molecule has 0 aromatic heterocycles. The molecule has 1 unspecified atom stereocenters. The molecule has 1 aromatic rings. The standard InChI is InChI=1S/C11H12F2O2/c12-9-5-3-4-8(10(9)13)11(14)6-1-2-7-15-11/h3-5,14H,1-2,6-7H2. The lowest BCUT2D eigenvalue weighted by atomic mass is 9.97. The van der Waals surface area contributed by atoms with Gasteiger partial charge in [0.1, 0.15) is 0 Å². The average molecular weight is 214 g/mol. The van der Waals surface area contributed by atoms with Gasteiger partial charge in [0.15, 0.2) is 17.4 Å². The van der Waals surface area contributed by atoms with E-state index in [4.69, 9.17) is 4.74 Å². The molecule has 1 heterocycles. The van der Waals surface area contributed by atoms with E-state index in [9.17, 15) is 13.9 Å². The zero-order valence-corrected chi connectivity index (χ0v) is 8.17. The maximum absolute atomic E-state index is 13.4. The third kappa shape index (κ3) is 1.87. The summed E-state index contributed by atoms with van der Waals surface area (Å²) < 4.78 is 31.5. The molecule has 0 saturated carbocycles. The fourth-order valence-corrected chi connectivity index (χ4v) is 1.80. The maximum Gasteiger partial charge on any atom is 0.195 e. The van der Waals surface area contributed by atoms with Crippen LogP contribution in [-0.2, 0) is 10.5 Å². The highest BCUT2D eigenvalue weighted by atomic mass is 19.2. The summed E-state index contributed by atoms with van der Waals surface area (Å²) in [5.41, 5.74) is -0.109. The van der Waals surface area contributed by atoms with Crippen molar-refractivity contribution >= 4 is 0 Å². The molecule has 0 radical (unpaired) electrons. The Morgan fingerprint density at radius 3 is 2.73 bits per heavy atom. The van der Waals surface area contributed by atoms with Crippen molar-refractivity contribution in [2.45, 2.75) is 25.0 Å². The quantitative estimate of drug-likeness (QED) is 0.777. The van der Waals surface area contributed by atoms with E-state index in [1.807, 2.05) is 0 Å². The molecule has 0 spiro atoms. The number of hydrogen-bond acceptors (Lipinski definition) is 2. The van der Waals surface area contributed by atoms with Gasteiger partial charge in [0.2, 0.25) is 0 Å². The largest absolute Gasteiger partial charge is 0.362 e. The highest BCUT2D eigenvalue weighted by Crippen LogP contribution is 2.34. The predicted molar refractivity (Wildman–Crippen MR) is 50.1 cm³/mol. The summed E-state index contributed by atoms with van der Waals surface area (Å²) >= 11 is 0. The Kier molecular flexibility index (Phi) is 2.71. The van der Waals surface area contributed by atoms with Crippen LogP contribution in [-0.4, -0.2) is 11.7 Å². The van der Waals surface area contributed by atoms with Crippen molar-refractivity contribution < 1.29 is 18.6 Å². The summed E-state index contributed by atoms with van der Waals surface area (Å²) in [7, 11) is 0. The second kappa shape index (κ2) is 3.87. The van der Waals surface area contributed by atoms with Crippen LogP contribution in [0.3, 0.4) is 0 Å². The summed E-state index contributed by atoms with van der Waals surface area (Å²) in [6.07, 6.45) is 1.87. The molecular formula is C11H12F2O2. The number of aliphatic hydroxyl groups is 1. The number of rotatable bonds is 1. The molecule has 4 heteroatoms. The molecule has 1 N–H and O–H groups in total. The van der Waals surface area contributed by atoms with Crippen LogP contribution in [0.25, 0.3) is 0 Å². The summed E-state index contributed by atoms with van der Waals surface area (Å²) in [4.78, 5) is 0. The zero-order valence-electron chi connectivity index (χ0n) is 8.17. The molecular weight excluding hydrogens is 202 g/mol. The Hall–Kier alpha value is -1.00. The van der Waals surface area contributed by atoms with Gasteiger partial charge in [-0.15, -0.1) is 0 Å². The van der Waals surface area contributed by atoms with Crippen molar-refractivity contribution in [2.24, 2.45) is 0 Å². The third-order valence-corrected chi connectivity index (χ3v) is 2.62. The smallest absolute Gasteiger partial charge is 0.195 e. The molecule has 0 aliphatic carbocycles. The Bertz CT molecular complexity index is 360. The molecule has 1 fully saturated rings. The maximum atomic E-state index is 13.4. The SMILES string of the molecule is OC1(c2cccc(F)c2F)CCCCO1. The van der Waals surface area contributed by atoms with Crippen LogP contribution >= 0.6 is 0 Å². The van der Waals surface area contributed by atoms with Crippen LogP contribution in [0.1, 0.15) is 24.8 Å². The summed E-state index contributed by atoms with van der Waals surface area (Å²) in [5.74, 6) is -3.65. The second-order valence-corrected chi connectivity index (χ2v) is 3.69. The third-order valence-electron chi connectivity index (χ3n) is 2.62. The highest BCUT2D eigenvalue weighted by molar-refractivity contribution is 5.23. The lowest BCUT2D eigenvalue weighted by Gasteiger charge is -2.32. The minimum Gasteiger partial charge on any atom is -0.362 e. The highest BCUT2D eigenvalue weighted by Gasteiger charge is 2.35. The molecule has 1 aromatic carbocycles. The average Bonchev–Trinajstić information content (AvgIpc) is 2.23. The molecule has 1 saturated heterocycles. The Balaban J connectivity index is 2.39. The first-order chi connectivity index (χ1) is 7.13. The van der Waals surface area contributed by atoms with Crippen LogP contribution < -0.4 is 0 Å². The lowest BCUT2D eigenvalue weighted by Crippen LogP contribution is -2.34. The minimum atomic E-state index is -1.66. The van der Waals surface area contributed by atoms with Crippen molar-refractivity contribution in [1.29, 1.82) is 0 Å². The normalized spacial score (nSPS) is 26.6. The van der Waals surface area contributed by atoms with Crippen molar-refractivity contribution in [3.8, 4) is 0 Å². The molecule has 1 aliphatic rings. The van der Waals surface area contributed by atoms with E-state index in [0.29, 0.717) is 13.0 Å². The van der Waals surface area contributed by atoms with E-state index < -0.39 is 17.4 Å². The molecule has 1 atom stereocenters. The van der Waals surface area contributed by atoms with Gasteiger partial charge in [-0.2, -0.15) is 0 Å². The van der Waals surface area contributed by atoms with E-state index in [2.05, 4.69) is 0 Å². The monoisotopic (exact) mass is 214 g/mol. The van der Waals surface area contributed by atoms with Gasteiger partial charge in [-0.1, -0.05) is 12.1 Å². The Morgan fingerprint density at radius 1 is 1.27 bits per heavy atom. The van der Waals surface area contributed by atoms with Crippen LogP contribution in [0.2, 0.25) is 0 Å². The van der Waals surface area contributed by atoms with E-state index in [1.165, 1.54) is 12.1 Å². The first-order valence-corrected chi connectivity index (χ1v) is 4.94. The molecule has 1 aliphatic heterocycles. The van der Waals surface area contributed by atoms with Crippen molar-refractivity contribution in [1.82, 2.24) is 0 Å². The van der Waals surface area contributed by atoms with Gasteiger partial charge in [-0.25, -0.2) is 8.78 Å². The molecule has 2 nitrogen and oxygen atoms in total. The van der Waals surface area contributed by atoms with Crippen LogP contribution in [0, 0.1) is 11.6 Å².